The van der Waals surface area contributed by atoms with E-state index in [-0.39, 0.29) is 11.8 Å². The highest BCUT2D eigenvalue weighted by Gasteiger charge is 2.36. The minimum Gasteiger partial charge on any atom is -0.300 e. The zero-order chi connectivity index (χ0) is 13.2. The number of imide groups is 1. The van der Waals surface area contributed by atoms with Crippen molar-refractivity contribution in [2.45, 2.75) is 51.0 Å². The van der Waals surface area contributed by atoms with Gasteiger partial charge in [-0.25, -0.2) is 0 Å². The van der Waals surface area contributed by atoms with Crippen LogP contribution in [0.4, 0.5) is 0 Å². The molecule has 0 aromatic heterocycles. The van der Waals surface area contributed by atoms with E-state index in [1.807, 2.05) is 0 Å². The Balaban J connectivity index is 1.56. The lowest BCUT2D eigenvalue weighted by Crippen LogP contribution is -2.49. The lowest BCUT2D eigenvalue weighted by molar-refractivity contribution is -0.194. The molecule has 5 nitrogen and oxygen atoms in total. The van der Waals surface area contributed by atoms with Gasteiger partial charge in [0.15, 0.2) is 0 Å². The number of nitrogens with zero attached hydrogens (tertiary/aromatic N) is 2. The van der Waals surface area contributed by atoms with Crippen molar-refractivity contribution < 1.29 is 14.4 Å². The maximum absolute atomic E-state index is 11.5. The van der Waals surface area contributed by atoms with Gasteiger partial charge in [0.05, 0.1) is 6.61 Å². The molecule has 3 aliphatic heterocycles. The first-order valence-corrected chi connectivity index (χ1v) is 7.48. The summed E-state index contributed by atoms with van der Waals surface area (Å²) < 4.78 is 0. The molecule has 3 aliphatic rings. The van der Waals surface area contributed by atoms with E-state index in [4.69, 9.17) is 4.84 Å². The van der Waals surface area contributed by atoms with E-state index in [9.17, 15) is 9.59 Å². The van der Waals surface area contributed by atoms with E-state index >= 15 is 0 Å². The Hall–Kier alpha value is -0.940. The van der Waals surface area contributed by atoms with Crippen molar-refractivity contribution in [2.24, 2.45) is 5.92 Å². The maximum atomic E-state index is 11.5. The second kappa shape index (κ2) is 5.59. The molecule has 3 fully saturated rings. The molecule has 19 heavy (non-hydrogen) atoms. The lowest BCUT2D eigenvalue weighted by Gasteiger charge is -2.44. The minimum absolute atomic E-state index is 0.179. The normalized spacial score (nSPS) is 32.7. The lowest BCUT2D eigenvalue weighted by atomic mass is 9.84. The second-order valence-corrected chi connectivity index (χ2v) is 5.88. The van der Waals surface area contributed by atoms with E-state index in [1.54, 1.807) is 0 Å². The summed E-state index contributed by atoms with van der Waals surface area (Å²) in [6, 6.07) is 0.593. The molecule has 2 atom stereocenters. The third-order valence-corrected chi connectivity index (χ3v) is 4.65. The van der Waals surface area contributed by atoms with Crippen LogP contribution in [0, 0.1) is 5.92 Å². The molecule has 0 bridgehead atoms. The summed E-state index contributed by atoms with van der Waals surface area (Å²) in [4.78, 5) is 31.1. The summed E-state index contributed by atoms with van der Waals surface area (Å²) in [5.41, 5.74) is 0. The molecular weight excluding hydrogens is 244 g/mol. The summed E-state index contributed by atoms with van der Waals surface area (Å²) in [5.74, 6) is 0.109. The molecular formula is C14H22N2O3. The molecule has 0 spiro atoms. The van der Waals surface area contributed by atoms with E-state index in [0.717, 1.165) is 11.5 Å². The first kappa shape index (κ1) is 13.1. The number of hydroxylamine groups is 2. The van der Waals surface area contributed by atoms with Gasteiger partial charge in [0.1, 0.15) is 0 Å². The number of amides is 2. The molecule has 0 unspecified atom stereocenters. The Morgan fingerprint density at radius 1 is 1.00 bits per heavy atom. The maximum Gasteiger partial charge on any atom is 0.253 e. The van der Waals surface area contributed by atoms with Crippen LogP contribution in [0.15, 0.2) is 0 Å². The van der Waals surface area contributed by atoms with Crippen molar-refractivity contribution in [3.05, 3.63) is 0 Å². The summed E-state index contributed by atoms with van der Waals surface area (Å²) in [5, 5.41) is 1.00. The van der Waals surface area contributed by atoms with Crippen LogP contribution in [-0.2, 0) is 14.4 Å². The average molecular weight is 266 g/mol. The monoisotopic (exact) mass is 266 g/mol. The van der Waals surface area contributed by atoms with Crippen molar-refractivity contribution in [1.82, 2.24) is 9.96 Å². The highest BCUT2D eigenvalue weighted by molar-refractivity contribution is 6.00. The van der Waals surface area contributed by atoms with Crippen molar-refractivity contribution in [2.75, 3.05) is 19.7 Å². The van der Waals surface area contributed by atoms with E-state index in [1.165, 1.54) is 38.8 Å². The highest BCUT2D eigenvalue weighted by atomic mass is 16.7. The Morgan fingerprint density at radius 2 is 1.74 bits per heavy atom. The number of fused-ring (bicyclic) bond motifs is 1. The van der Waals surface area contributed by atoms with Crippen LogP contribution in [0.2, 0.25) is 0 Å². The molecule has 3 saturated heterocycles. The van der Waals surface area contributed by atoms with Crippen molar-refractivity contribution >= 4 is 11.8 Å². The van der Waals surface area contributed by atoms with Gasteiger partial charge >= 0.3 is 0 Å². The topological polar surface area (TPSA) is 49.9 Å². The number of rotatable bonds is 3. The third-order valence-electron chi connectivity index (χ3n) is 4.65. The van der Waals surface area contributed by atoms with Crippen molar-refractivity contribution in [3.63, 3.8) is 0 Å². The summed E-state index contributed by atoms with van der Waals surface area (Å²) in [7, 11) is 0. The summed E-state index contributed by atoms with van der Waals surface area (Å²) >= 11 is 0. The fourth-order valence-electron chi connectivity index (χ4n) is 3.64. The molecule has 0 aromatic carbocycles. The van der Waals surface area contributed by atoms with Crippen molar-refractivity contribution in [1.29, 1.82) is 0 Å². The molecule has 0 aliphatic carbocycles. The molecule has 106 valence electrons. The van der Waals surface area contributed by atoms with E-state index in [2.05, 4.69) is 4.90 Å². The van der Waals surface area contributed by atoms with Gasteiger partial charge in [-0.05, 0) is 38.8 Å². The molecule has 0 radical (unpaired) electrons. The predicted octanol–water partition coefficient (Wildman–Crippen LogP) is 1.33. The Bertz CT molecular complexity index is 354. The van der Waals surface area contributed by atoms with Crippen LogP contribution in [0.25, 0.3) is 0 Å². The van der Waals surface area contributed by atoms with Crippen LogP contribution < -0.4 is 0 Å². The Morgan fingerprint density at radius 3 is 2.53 bits per heavy atom. The van der Waals surface area contributed by atoms with Gasteiger partial charge in [-0.1, -0.05) is 6.42 Å². The van der Waals surface area contributed by atoms with Crippen molar-refractivity contribution in [3.8, 4) is 0 Å². The molecule has 0 N–H and O–H groups in total. The first-order chi connectivity index (χ1) is 9.25. The number of hydrogen-bond acceptors (Lipinski definition) is 4. The van der Waals surface area contributed by atoms with E-state index in [0.29, 0.717) is 31.4 Å². The number of hydrogen-bond donors (Lipinski definition) is 0. The average Bonchev–Trinajstić information content (AvgIpc) is 2.76. The van der Waals surface area contributed by atoms with Crippen LogP contribution >= 0.6 is 0 Å². The smallest absolute Gasteiger partial charge is 0.253 e. The molecule has 3 heterocycles. The molecule has 2 amide bonds. The van der Waals surface area contributed by atoms with Crippen LogP contribution in [0.1, 0.15) is 44.9 Å². The number of carbonyl (C=O) groups is 2. The molecule has 3 rings (SSSR count). The van der Waals surface area contributed by atoms with Crippen LogP contribution in [0.5, 0.6) is 0 Å². The standard InChI is InChI=1S/C14H22N2O3/c17-13-6-7-14(18)16(13)19-10-11-4-3-9-15-8-2-1-5-12(11)15/h11-12H,1-10H2/t11-,12+/m0/s1. The van der Waals surface area contributed by atoms with Gasteiger partial charge in [0.25, 0.3) is 11.8 Å². The number of piperidine rings is 2. The Kier molecular flexibility index (Phi) is 3.84. The van der Waals surface area contributed by atoms with Gasteiger partial charge in [-0.2, -0.15) is 5.06 Å². The van der Waals surface area contributed by atoms with E-state index < -0.39 is 0 Å². The molecule has 5 heteroatoms. The zero-order valence-corrected chi connectivity index (χ0v) is 11.3. The van der Waals surface area contributed by atoms with Crippen LogP contribution in [0.3, 0.4) is 0 Å². The van der Waals surface area contributed by atoms with Crippen LogP contribution in [-0.4, -0.2) is 47.5 Å². The first-order valence-electron chi connectivity index (χ1n) is 7.48. The quantitative estimate of drug-likeness (QED) is 0.723. The number of carbonyl (C=O) groups excluding carboxylic acids is 2. The SMILES string of the molecule is O=C1CCC(=O)N1OC[C@@H]1CCCN2CCCC[C@H]12. The van der Waals surface area contributed by atoms with Gasteiger partial charge < -0.3 is 4.90 Å². The summed E-state index contributed by atoms with van der Waals surface area (Å²) in [6.07, 6.45) is 6.78. The second-order valence-electron chi connectivity index (χ2n) is 5.88. The Labute approximate surface area is 113 Å². The largest absolute Gasteiger partial charge is 0.300 e. The van der Waals surface area contributed by atoms with Gasteiger partial charge in [0.2, 0.25) is 0 Å². The zero-order valence-electron chi connectivity index (χ0n) is 11.3. The van der Waals surface area contributed by atoms with Gasteiger partial charge in [0, 0.05) is 24.8 Å². The molecule has 0 saturated carbocycles. The predicted molar refractivity (Wildman–Crippen MR) is 69.0 cm³/mol. The third kappa shape index (κ3) is 2.67. The van der Waals surface area contributed by atoms with Gasteiger partial charge in [-0.3, -0.25) is 14.4 Å². The fourth-order valence-corrected chi connectivity index (χ4v) is 3.64. The van der Waals surface area contributed by atoms with Gasteiger partial charge in [-0.15, -0.1) is 0 Å². The minimum atomic E-state index is -0.179. The summed E-state index contributed by atoms with van der Waals surface area (Å²) in [6.45, 7) is 2.91. The molecule has 0 aromatic rings. The highest BCUT2D eigenvalue weighted by Crippen LogP contribution is 2.31. The fraction of sp³-hybridized carbons (Fsp3) is 0.857.